The molecule has 5 rings (SSSR count). The van der Waals surface area contributed by atoms with Gasteiger partial charge in [0.2, 0.25) is 23.0 Å². The Balaban J connectivity index is 1.39. The molecular weight excluding hydrogens is 586 g/mol. The topological polar surface area (TPSA) is 151 Å². The second-order valence-electron chi connectivity index (χ2n) is 11.5. The first-order chi connectivity index (χ1) is 21.1. The number of pyridine rings is 1. The third-order valence-corrected chi connectivity index (χ3v) is 9.06. The van der Waals surface area contributed by atoms with Crippen molar-refractivity contribution in [2.24, 2.45) is 5.92 Å². The van der Waals surface area contributed by atoms with E-state index in [1.165, 1.54) is 19.2 Å². The highest BCUT2D eigenvalue weighted by Crippen LogP contribution is 2.38. The number of nitrogens with one attached hydrogen (secondary N) is 1. The minimum absolute atomic E-state index is 0.0293. The molecule has 1 aromatic carbocycles. The minimum Gasteiger partial charge on any atom is -0.504 e. The number of aromatic nitrogens is 1. The van der Waals surface area contributed by atoms with E-state index in [0.717, 1.165) is 18.2 Å². The van der Waals surface area contributed by atoms with Crippen molar-refractivity contribution in [3.8, 4) is 17.2 Å². The molecule has 1 saturated heterocycles. The Labute approximate surface area is 258 Å². The summed E-state index contributed by atoms with van der Waals surface area (Å²) in [6.45, 7) is 3.08. The Bertz CT molecular complexity index is 1670. The monoisotopic (exact) mass is 623 g/mol. The summed E-state index contributed by atoms with van der Waals surface area (Å²) in [5.74, 6) is -1.17. The van der Waals surface area contributed by atoms with E-state index in [2.05, 4.69) is 5.32 Å². The van der Waals surface area contributed by atoms with E-state index in [-0.39, 0.29) is 52.7 Å². The normalized spacial score (nSPS) is 18.7. The second-order valence-corrected chi connectivity index (χ2v) is 12.5. The number of hydrogen-bond donors (Lipinski definition) is 3. The van der Waals surface area contributed by atoms with E-state index < -0.39 is 29.0 Å². The minimum atomic E-state index is -0.919. The second kappa shape index (κ2) is 13.2. The molecule has 234 valence electrons. The van der Waals surface area contributed by atoms with Crippen LogP contribution in [0.3, 0.4) is 0 Å². The first kappa shape index (κ1) is 31.2. The molecular formula is C32H37N3O8S. The summed E-state index contributed by atoms with van der Waals surface area (Å²) >= 11 is 1.57. The van der Waals surface area contributed by atoms with Gasteiger partial charge in [0.05, 0.1) is 13.0 Å². The average molecular weight is 624 g/mol. The number of benzene rings is 1. The van der Waals surface area contributed by atoms with Gasteiger partial charge < -0.3 is 34.2 Å². The first-order valence-corrected chi connectivity index (χ1v) is 16.0. The lowest BCUT2D eigenvalue weighted by Crippen LogP contribution is -2.55. The summed E-state index contributed by atoms with van der Waals surface area (Å²) in [5, 5.41) is 23.7. The van der Waals surface area contributed by atoms with Gasteiger partial charge in [-0.2, -0.15) is 11.8 Å². The summed E-state index contributed by atoms with van der Waals surface area (Å²) in [6.07, 6.45) is 2.99. The van der Waals surface area contributed by atoms with Crippen LogP contribution in [0, 0.1) is 12.8 Å². The average Bonchev–Trinajstić information content (AvgIpc) is 3.00. The van der Waals surface area contributed by atoms with Crippen molar-refractivity contribution in [3.63, 3.8) is 0 Å². The highest BCUT2D eigenvalue weighted by molar-refractivity contribution is 7.98. The number of phenols is 1. The number of fused-ring (bicyclic) bond motifs is 4. The SMILES string of the molecule is COc1cc(C(CC(=O)N[C@@H](CCSC)C(=O)N2CC3CC(C2)c2cccc(=O)n2C3)c2oc(C)cc(=O)c2O)ccc1O. The first-order valence-electron chi connectivity index (χ1n) is 14.6. The maximum Gasteiger partial charge on any atom is 0.250 e. The van der Waals surface area contributed by atoms with Crippen LogP contribution in [0.5, 0.6) is 17.2 Å². The molecule has 4 atom stereocenters. The fourth-order valence-electron chi connectivity index (χ4n) is 6.36. The van der Waals surface area contributed by atoms with Crippen LogP contribution < -0.4 is 21.0 Å². The van der Waals surface area contributed by atoms with Gasteiger partial charge in [-0.3, -0.25) is 19.2 Å². The number of methoxy groups -OCH3 is 1. The van der Waals surface area contributed by atoms with Gasteiger partial charge in [0.25, 0.3) is 5.56 Å². The molecule has 3 unspecified atom stereocenters. The zero-order valence-corrected chi connectivity index (χ0v) is 25.8. The van der Waals surface area contributed by atoms with E-state index in [0.29, 0.717) is 37.4 Å². The molecule has 12 heteroatoms. The zero-order chi connectivity index (χ0) is 31.5. The van der Waals surface area contributed by atoms with Gasteiger partial charge in [0.1, 0.15) is 11.8 Å². The maximum atomic E-state index is 13.9. The van der Waals surface area contributed by atoms with Gasteiger partial charge >= 0.3 is 0 Å². The molecule has 1 fully saturated rings. The molecule has 3 aromatic rings. The van der Waals surface area contributed by atoms with E-state index in [9.17, 15) is 29.4 Å². The third kappa shape index (κ3) is 6.50. The number of aromatic hydroxyl groups is 2. The van der Waals surface area contributed by atoms with Crippen molar-refractivity contribution in [2.75, 3.05) is 32.2 Å². The number of thioether (sulfide) groups is 1. The number of carbonyl (C=O) groups excluding carboxylic acids is 2. The molecule has 2 amide bonds. The van der Waals surface area contributed by atoms with Gasteiger partial charge in [0, 0.05) is 49.8 Å². The molecule has 11 nitrogen and oxygen atoms in total. The number of nitrogens with zero attached hydrogens (tertiary/aromatic N) is 2. The van der Waals surface area contributed by atoms with Crippen LogP contribution in [0.2, 0.25) is 0 Å². The quantitative estimate of drug-likeness (QED) is 0.310. The summed E-state index contributed by atoms with van der Waals surface area (Å²) < 4.78 is 12.8. The van der Waals surface area contributed by atoms with Gasteiger partial charge in [-0.15, -0.1) is 0 Å². The lowest BCUT2D eigenvalue weighted by molar-refractivity contribution is -0.139. The number of hydrogen-bond acceptors (Lipinski definition) is 9. The Kier molecular flexibility index (Phi) is 9.38. The van der Waals surface area contributed by atoms with Crippen LogP contribution in [0.25, 0.3) is 0 Å². The highest BCUT2D eigenvalue weighted by Gasteiger charge is 2.38. The van der Waals surface area contributed by atoms with Crippen LogP contribution in [-0.4, -0.2) is 69.7 Å². The lowest BCUT2D eigenvalue weighted by atomic mass is 9.83. The Hall–Kier alpha value is -4.19. The molecule has 2 aromatic heterocycles. The van der Waals surface area contributed by atoms with Crippen LogP contribution in [0.15, 0.2) is 56.5 Å². The number of aryl methyl sites for hydroxylation is 1. The summed E-state index contributed by atoms with van der Waals surface area (Å²) in [4.78, 5) is 54.3. The van der Waals surface area contributed by atoms with Crippen LogP contribution in [0.4, 0.5) is 0 Å². The van der Waals surface area contributed by atoms with Crippen molar-refractivity contribution < 1.29 is 29.0 Å². The fourth-order valence-corrected chi connectivity index (χ4v) is 6.83. The summed E-state index contributed by atoms with van der Waals surface area (Å²) in [6, 6.07) is 10.1. The standard InChI is InChI=1S/C32H37N3O8S/c1-18-11-26(37)30(40)31(43-18)22(20-7-8-25(36)27(13-20)42-2)14-28(38)33-23(9-10-44-3)32(41)34-15-19-12-21(17-34)24-5-4-6-29(39)35(24)16-19/h4-8,11,13,19,21-23,36,40H,9-10,12,14-17H2,1-3H3,(H,33,38)/t19?,21?,22?,23-/m0/s1. The van der Waals surface area contributed by atoms with Gasteiger partial charge in [-0.05, 0) is 61.5 Å². The molecule has 2 aliphatic rings. The van der Waals surface area contributed by atoms with Gasteiger partial charge in [-0.25, -0.2) is 0 Å². The van der Waals surface area contributed by atoms with Crippen molar-refractivity contribution in [2.45, 2.75) is 50.6 Å². The van der Waals surface area contributed by atoms with Crippen LogP contribution >= 0.6 is 11.8 Å². The van der Waals surface area contributed by atoms with E-state index in [1.54, 1.807) is 41.8 Å². The molecule has 4 heterocycles. The number of carbonyl (C=O) groups is 2. The number of piperidine rings is 1. The Morgan fingerprint density at radius 3 is 2.68 bits per heavy atom. The van der Waals surface area contributed by atoms with Crippen molar-refractivity contribution in [3.05, 3.63) is 85.8 Å². The molecule has 3 N–H and O–H groups in total. The fraction of sp³-hybridized carbons (Fsp3) is 0.438. The predicted octanol–water partition coefficient (Wildman–Crippen LogP) is 2.94. The predicted molar refractivity (Wildman–Crippen MR) is 166 cm³/mol. The van der Waals surface area contributed by atoms with E-state index in [4.69, 9.17) is 9.15 Å². The van der Waals surface area contributed by atoms with Crippen molar-refractivity contribution in [1.29, 1.82) is 0 Å². The number of phenolic OH excluding ortho intramolecular Hbond substituents is 1. The maximum absolute atomic E-state index is 13.9. The largest absolute Gasteiger partial charge is 0.504 e. The molecule has 0 radical (unpaired) electrons. The van der Waals surface area contributed by atoms with Gasteiger partial charge in [-0.1, -0.05) is 12.1 Å². The number of ether oxygens (including phenoxy) is 1. The van der Waals surface area contributed by atoms with Crippen LogP contribution in [-0.2, 0) is 16.1 Å². The highest BCUT2D eigenvalue weighted by atomic mass is 32.2. The lowest BCUT2D eigenvalue weighted by Gasteiger charge is -2.43. The van der Waals surface area contributed by atoms with E-state index in [1.807, 2.05) is 16.9 Å². The smallest absolute Gasteiger partial charge is 0.250 e. The molecule has 0 saturated carbocycles. The summed E-state index contributed by atoms with van der Waals surface area (Å²) in [7, 11) is 1.39. The molecule has 2 aliphatic heterocycles. The Morgan fingerprint density at radius 1 is 1.14 bits per heavy atom. The number of rotatable bonds is 10. The van der Waals surface area contributed by atoms with Crippen molar-refractivity contribution in [1.82, 2.24) is 14.8 Å². The molecule has 2 bridgehead atoms. The van der Waals surface area contributed by atoms with Gasteiger partial charge in [0.15, 0.2) is 17.3 Å². The third-order valence-electron chi connectivity index (χ3n) is 8.42. The number of amides is 2. The number of likely N-dealkylation sites (tertiary alicyclic amines) is 1. The molecule has 44 heavy (non-hydrogen) atoms. The molecule has 0 spiro atoms. The van der Waals surface area contributed by atoms with Crippen LogP contribution in [0.1, 0.15) is 53.9 Å². The Morgan fingerprint density at radius 2 is 1.93 bits per heavy atom. The zero-order valence-electron chi connectivity index (χ0n) is 24.9. The van der Waals surface area contributed by atoms with E-state index >= 15 is 0 Å². The summed E-state index contributed by atoms with van der Waals surface area (Å²) in [5.41, 5.74) is 0.719. The molecule has 0 aliphatic carbocycles. The van der Waals surface area contributed by atoms with Crippen molar-refractivity contribution >= 4 is 23.6 Å².